The fourth-order valence-electron chi connectivity index (χ4n) is 3.31. The molecule has 0 saturated carbocycles. The fourth-order valence-corrected chi connectivity index (χ4v) is 3.92. The van der Waals surface area contributed by atoms with Gasteiger partial charge in [0.05, 0.1) is 22.9 Å². The predicted octanol–water partition coefficient (Wildman–Crippen LogP) is 2.70. The standard InChI is InChI=1S/C15H17N5S/c1-15(13-3-6-17-14-4-7-18-20(13)14)5-2-8-19(15)10-12-9-16-11-21-12/h3-4,6-7,9,11H,2,5,8,10H2,1H3. The maximum Gasteiger partial charge on any atom is 0.155 e. The van der Waals surface area contributed by atoms with E-state index in [-0.39, 0.29) is 5.54 Å². The number of nitrogens with zero attached hydrogens (tertiary/aromatic N) is 5. The molecule has 0 aliphatic carbocycles. The number of thiazole rings is 1. The molecule has 1 fully saturated rings. The molecule has 0 bridgehead atoms. The van der Waals surface area contributed by atoms with Gasteiger partial charge in [0.25, 0.3) is 0 Å². The summed E-state index contributed by atoms with van der Waals surface area (Å²) in [5, 5.41) is 4.46. The van der Waals surface area contributed by atoms with Gasteiger partial charge in [0.2, 0.25) is 0 Å². The Morgan fingerprint density at radius 2 is 2.29 bits per heavy atom. The van der Waals surface area contributed by atoms with Crippen LogP contribution in [-0.2, 0) is 12.1 Å². The maximum absolute atomic E-state index is 4.46. The van der Waals surface area contributed by atoms with E-state index in [4.69, 9.17) is 0 Å². The van der Waals surface area contributed by atoms with Crippen molar-refractivity contribution in [2.75, 3.05) is 6.54 Å². The number of likely N-dealkylation sites (tertiary alicyclic amines) is 1. The van der Waals surface area contributed by atoms with Gasteiger partial charge in [0.15, 0.2) is 5.65 Å². The van der Waals surface area contributed by atoms with Crippen molar-refractivity contribution in [1.29, 1.82) is 0 Å². The number of aromatic nitrogens is 4. The van der Waals surface area contributed by atoms with Crippen molar-refractivity contribution in [3.05, 3.63) is 46.8 Å². The molecule has 1 aliphatic heterocycles. The van der Waals surface area contributed by atoms with E-state index in [1.54, 1.807) is 11.3 Å². The fraction of sp³-hybridized carbons (Fsp3) is 0.400. The summed E-state index contributed by atoms with van der Waals surface area (Å²) in [6.45, 7) is 4.38. The van der Waals surface area contributed by atoms with Crippen LogP contribution in [0, 0.1) is 0 Å². The van der Waals surface area contributed by atoms with Crippen LogP contribution in [0.15, 0.2) is 36.2 Å². The summed E-state index contributed by atoms with van der Waals surface area (Å²) in [5.74, 6) is 0. The van der Waals surface area contributed by atoms with Gasteiger partial charge in [-0.25, -0.2) is 9.50 Å². The molecule has 108 valence electrons. The highest BCUT2D eigenvalue weighted by Gasteiger charge is 2.40. The molecule has 3 aromatic rings. The molecular weight excluding hydrogens is 282 g/mol. The third-order valence-electron chi connectivity index (χ3n) is 4.46. The van der Waals surface area contributed by atoms with Crippen molar-refractivity contribution >= 4 is 17.0 Å². The Labute approximate surface area is 127 Å². The van der Waals surface area contributed by atoms with E-state index in [1.165, 1.54) is 17.0 Å². The van der Waals surface area contributed by atoms with Crippen molar-refractivity contribution in [3.63, 3.8) is 0 Å². The smallest absolute Gasteiger partial charge is 0.155 e. The van der Waals surface area contributed by atoms with Crippen molar-refractivity contribution in [1.82, 2.24) is 24.5 Å². The van der Waals surface area contributed by atoms with E-state index in [2.05, 4.69) is 33.0 Å². The Balaban J connectivity index is 1.75. The summed E-state index contributed by atoms with van der Waals surface area (Å²) >= 11 is 1.72. The van der Waals surface area contributed by atoms with Gasteiger partial charge in [-0.1, -0.05) is 0 Å². The molecule has 0 spiro atoms. The van der Waals surface area contributed by atoms with Gasteiger partial charge in [0, 0.05) is 29.9 Å². The van der Waals surface area contributed by atoms with E-state index in [0.717, 1.165) is 25.2 Å². The lowest BCUT2D eigenvalue weighted by molar-refractivity contribution is 0.141. The van der Waals surface area contributed by atoms with Gasteiger partial charge in [-0.05, 0) is 32.4 Å². The van der Waals surface area contributed by atoms with E-state index >= 15 is 0 Å². The van der Waals surface area contributed by atoms with E-state index in [9.17, 15) is 0 Å². The number of hydrogen-bond donors (Lipinski definition) is 0. The molecule has 1 atom stereocenters. The molecule has 4 rings (SSSR count). The highest BCUT2D eigenvalue weighted by Crippen LogP contribution is 2.39. The average Bonchev–Trinajstić information content (AvgIpc) is 3.21. The Bertz CT molecular complexity index is 750. The van der Waals surface area contributed by atoms with Crippen LogP contribution >= 0.6 is 11.3 Å². The summed E-state index contributed by atoms with van der Waals surface area (Å²) in [4.78, 5) is 12.4. The first-order valence-electron chi connectivity index (χ1n) is 7.19. The van der Waals surface area contributed by atoms with Crippen LogP contribution in [0.1, 0.15) is 30.3 Å². The molecule has 3 aromatic heterocycles. The van der Waals surface area contributed by atoms with E-state index in [1.807, 2.05) is 34.7 Å². The largest absolute Gasteiger partial charge is 0.287 e. The summed E-state index contributed by atoms with van der Waals surface area (Å²) in [6, 6.07) is 4.06. The first kappa shape index (κ1) is 12.9. The average molecular weight is 299 g/mol. The molecule has 1 saturated heterocycles. The lowest BCUT2D eigenvalue weighted by Crippen LogP contribution is -2.39. The molecule has 21 heavy (non-hydrogen) atoms. The van der Waals surface area contributed by atoms with Crippen LogP contribution in [0.2, 0.25) is 0 Å². The molecular formula is C15H17N5S. The Morgan fingerprint density at radius 3 is 3.14 bits per heavy atom. The van der Waals surface area contributed by atoms with E-state index in [0.29, 0.717) is 0 Å². The Morgan fingerprint density at radius 1 is 1.33 bits per heavy atom. The van der Waals surface area contributed by atoms with Crippen LogP contribution in [0.5, 0.6) is 0 Å². The predicted molar refractivity (Wildman–Crippen MR) is 82.1 cm³/mol. The van der Waals surface area contributed by atoms with Gasteiger partial charge in [-0.15, -0.1) is 11.3 Å². The summed E-state index contributed by atoms with van der Waals surface area (Å²) in [5.41, 5.74) is 4.04. The van der Waals surface area contributed by atoms with Crippen LogP contribution in [0.3, 0.4) is 0 Å². The minimum atomic E-state index is -0.00278. The summed E-state index contributed by atoms with van der Waals surface area (Å²) < 4.78 is 1.98. The van der Waals surface area contributed by atoms with Crippen molar-refractivity contribution < 1.29 is 0 Å². The van der Waals surface area contributed by atoms with Gasteiger partial charge in [-0.2, -0.15) is 5.10 Å². The zero-order valence-electron chi connectivity index (χ0n) is 11.9. The van der Waals surface area contributed by atoms with Crippen LogP contribution in [0.4, 0.5) is 0 Å². The summed E-state index contributed by atoms with van der Waals surface area (Å²) in [7, 11) is 0. The van der Waals surface area contributed by atoms with Crippen LogP contribution in [-0.4, -0.2) is 31.0 Å². The summed E-state index contributed by atoms with van der Waals surface area (Å²) in [6.07, 6.45) is 8.03. The lowest BCUT2D eigenvalue weighted by Gasteiger charge is -2.35. The van der Waals surface area contributed by atoms with Gasteiger partial charge < -0.3 is 0 Å². The SMILES string of the molecule is CC1(c2ccnc3ccnn23)CCCN1Cc1cncs1. The minimum absolute atomic E-state index is 0.00278. The molecule has 5 nitrogen and oxygen atoms in total. The zero-order chi connectivity index (χ0) is 14.3. The molecule has 4 heterocycles. The topological polar surface area (TPSA) is 46.3 Å². The molecule has 6 heteroatoms. The Kier molecular flexibility index (Phi) is 3.01. The lowest BCUT2D eigenvalue weighted by atomic mass is 9.94. The molecule has 0 aromatic carbocycles. The second-order valence-electron chi connectivity index (χ2n) is 5.70. The highest BCUT2D eigenvalue weighted by molar-refractivity contribution is 7.09. The molecule has 1 unspecified atom stereocenters. The second kappa shape index (κ2) is 4.89. The number of hydrogen-bond acceptors (Lipinski definition) is 5. The third-order valence-corrected chi connectivity index (χ3v) is 5.23. The van der Waals surface area contributed by atoms with Gasteiger partial charge in [0.1, 0.15) is 0 Å². The van der Waals surface area contributed by atoms with E-state index < -0.39 is 0 Å². The van der Waals surface area contributed by atoms with Crippen molar-refractivity contribution in [2.24, 2.45) is 0 Å². The normalized spacial score (nSPS) is 23.1. The minimum Gasteiger partial charge on any atom is -0.287 e. The second-order valence-corrected chi connectivity index (χ2v) is 6.67. The number of rotatable bonds is 3. The molecule has 1 aliphatic rings. The van der Waals surface area contributed by atoms with Crippen LogP contribution in [0.25, 0.3) is 5.65 Å². The van der Waals surface area contributed by atoms with Crippen molar-refractivity contribution in [3.8, 4) is 0 Å². The third kappa shape index (κ3) is 2.06. The first-order chi connectivity index (χ1) is 10.3. The number of fused-ring (bicyclic) bond motifs is 1. The molecule has 0 N–H and O–H groups in total. The zero-order valence-corrected chi connectivity index (χ0v) is 12.8. The Hall–Kier alpha value is -1.79. The quantitative estimate of drug-likeness (QED) is 0.746. The first-order valence-corrected chi connectivity index (χ1v) is 8.07. The molecule has 0 radical (unpaired) electrons. The van der Waals surface area contributed by atoms with Gasteiger partial charge >= 0.3 is 0 Å². The molecule has 0 amide bonds. The van der Waals surface area contributed by atoms with Crippen LogP contribution < -0.4 is 0 Å². The van der Waals surface area contributed by atoms with Gasteiger partial charge in [-0.3, -0.25) is 9.88 Å². The highest BCUT2D eigenvalue weighted by atomic mass is 32.1. The van der Waals surface area contributed by atoms with Crippen molar-refractivity contribution in [2.45, 2.75) is 31.8 Å². The maximum atomic E-state index is 4.46. The monoisotopic (exact) mass is 299 g/mol.